The van der Waals surface area contributed by atoms with Crippen LogP contribution in [0.5, 0.6) is 0 Å². The minimum absolute atomic E-state index is 0.163. The number of rotatable bonds is 4. The Morgan fingerprint density at radius 3 is 2.48 bits per heavy atom. The highest BCUT2D eigenvalue weighted by Crippen LogP contribution is 2.55. The first-order chi connectivity index (χ1) is 13.6. The van der Waals surface area contributed by atoms with Gasteiger partial charge in [0.25, 0.3) is 0 Å². The first kappa shape index (κ1) is 20.4. The van der Waals surface area contributed by atoms with E-state index in [9.17, 15) is 14.4 Å². The van der Waals surface area contributed by atoms with Crippen molar-refractivity contribution in [2.45, 2.75) is 65.1 Å². The van der Waals surface area contributed by atoms with E-state index in [1.807, 2.05) is 26.8 Å². The van der Waals surface area contributed by atoms with Crippen LogP contribution in [0.3, 0.4) is 0 Å². The highest BCUT2D eigenvalue weighted by Gasteiger charge is 2.70. The molecule has 0 aromatic heterocycles. The Morgan fingerprint density at radius 1 is 1.17 bits per heavy atom. The normalized spacial score (nSPS) is 31.6. The van der Waals surface area contributed by atoms with E-state index in [-0.39, 0.29) is 29.8 Å². The predicted octanol–water partition coefficient (Wildman–Crippen LogP) is 3.21. The molecule has 2 fully saturated rings. The lowest BCUT2D eigenvalue weighted by molar-refractivity contribution is -0.145. The molecule has 3 amide bonds. The lowest BCUT2D eigenvalue weighted by Crippen LogP contribution is -2.54. The fourth-order valence-electron chi connectivity index (χ4n) is 5.34. The highest BCUT2D eigenvalue weighted by molar-refractivity contribution is 6.35. The fourth-order valence-corrected chi connectivity index (χ4v) is 5.66. The second-order valence-corrected chi connectivity index (χ2v) is 9.53. The van der Waals surface area contributed by atoms with E-state index in [4.69, 9.17) is 11.6 Å². The van der Waals surface area contributed by atoms with Gasteiger partial charge in [-0.1, -0.05) is 38.4 Å². The van der Waals surface area contributed by atoms with Gasteiger partial charge in [-0.25, -0.2) is 0 Å². The highest BCUT2D eigenvalue weighted by atomic mass is 35.5. The van der Waals surface area contributed by atoms with Crippen LogP contribution < -0.4 is 10.6 Å². The molecule has 2 saturated heterocycles. The Hall–Kier alpha value is -1.92. The summed E-state index contributed by atoms with van der Waals surface area (Å²) in [6.45, 7) is 9.92. The number of fused-ring (bicyclic) bond motifs is 4. The van der Waals surface area contributed by atoms with Gasteiger partial charge in [0.1, 0.15) is 5.54 Å². The summed E-state index contributed by atoms with van der Waals surface area (Å²) in [5.74, 6) is -1.71. The number of halogens is 1. The number of nitrogens with zero attached hydrogens (tertiary/aromatic N) is 1. The maximum Gasteiger partial charge on any atom is 0.250 e. The monoisotopic (exact) mass is 417 g/mol. The van der Waals surface area contributed by atoms with E-state index in [0.717, 1.165) is 5.56 Å². The van der Waals surface area contributed by atoms with Crippen LogP contribution in [0, 0.1) is 24.7 Å². The Balaban J connectivity index is 1.91. The number of likely N-dealkylation sites (tertiary alicyclic amines) is 1. The molecular weight excluding hydrogens is 390 g/mol. The second kappa shape index (κ2) is 6.81. The number of amides is 3. The maximum atomic E-state index is 13.6. The van der Waals surface area contributed by atoms with Crippen molar-refractivity contribution in [3.05, 3.63) is 28.3 Å². The van der Waals surface area contributed by atoms with Gasteiger partial charge in [0.15, 0.2) is 0 Å². The van der Waals surface area contributed by atoms with Crippen LogP contribution in [-0.2, 0) is 19.9 Å². The third-order valence-electron chi connectivity index (χ3n) is 6.71. The molecule has 4 rings (SSSR count). The van der Waals surface area contributed by atoms with E-state index in [0.29, 0.717) is 35.0 Å². The van der Waals surface area contributed by atoms with E-state index in [1.54, 1.807) is 6.07 Å². The summed E-state index contributed by atoms with van der Waals surface area (Å²) in [5.41, 5.74) is 0.872. The number of imide groups is 1. The van der Waals surface area contributed by atoms with Crippen LogP contribution in [0.25, 0.3) is 0 Å². The molecule has 3 heterocycles. The molecule has 0 saturated carbocycles. The third kappa shape index (κ3) is 2.68. The van der Waals surface area contributed by atoms with Gasteiger partial charge in [0.05, 0.1) is 22.5 Å². The minimum Gasteiger partial charge on any atom is -0.323 e. The number of nitrogens with one attached hydrogen (secondary N) is 2. The molecule has 0 aliphatic carbocycles. The molecule has 29 heavy (non-hydrogen) atoms. The quantitative estimate of drug-likeness (QED) is 0.737. The van der Waals surface area contributed by atoms with Crippen molar-refractivity contribution in [3.63, 3.8) is 0 Å². The molecule has 0 radical (unpaired) electrons. The van der Waals surface area contributed by atoms with Crippen molar-refractivity contribution < 1.29 is 14.4 Å². The smallest absolute Gasteiger partial charge is 0.250 e. The molecule has 1 aromatic rings. The summed E-state index contributed by atoms with van der Waals surface area (Å²) in [6.07, 6.45) is 1.39. The molecule has 3 aliphatic heterocycles. The molecule has 6 nitrogen and oxygen atoms in total. The average Bonchev–Trinajstić information content (AvgIpc) is 3.20. The maximum absolute atomic E-state index is 13.6. The number of hydrogen-bond acceptors (Lipinski definition) is 4. The number of carbonyl (C=O) groups excluding carboxylic acids is 3. The zero-order chi connectivity index (χ0) is 21.2. The first-order valence-electron chi connectivity index (χ1n) is 10.4. The summed E-state index contributed by atoms with van der Waals surface area (Å²) >= 11 is 6.43. The van der Waals surface area contributed by atoms with Gasteiger partial charge < -0.3 is 5.32 Å². The van der Waals surface area contributed by atoms with Crippen molar-refractivity contribution in [2.24, 2.45) is 17.8 Å². The standard InChI is InChI=1S/C22H28ClN3O3/c1-6-12(5)26-19(27)16-15(7-10(2)3)25-22(17(16)20(26)28)13-8-11(4)9-14(23)18(13)24-21(22)29/h8-10,12,15-17,25H,6-7H2,1-5H3,(H,24,29). The lowest BCUT2D eigenvalue weighted by Gasteiger charge is -2.31. The molecule has 1 spiro atoms. The van der Waals surface area contributed by atoms with Crippen molar-refractivity contribution >= 4 is 35.0 Å². The zero-order valence-corrected chi connectivity index (χ0v) is 18.3. The van der Waals surface area contributed by atoms with E-state index in [2.05, 4.69) is 24.5 Å². The summed E-state index contributed by atoms with van der Waals surface area (Å²) in [6, 6.07) is 3.26. The second-order valence-electron chi connectivity index (χ2n) is 9.12. The van der Waals surface area contributed by atoms with Gasteiger partial charge in [-0.2, -0.15) is 0 Å². The van der Waals surface area contributed by atoms with Crippen LogP contribution in [-0.4, -0.2) is 34.7 Å². The molecule has 1 aromatic carbocycles. The molecule has 0 bridgehead atoms. The lowest BCUT2D eigenvalue weighted by atomic mass is 9.76. The summed E-state index contributed by atoms with van der Waals surface area (Å²) < 4.78 is 0. The van der Waals surface area contributed by atoms with E-state index >= 15 is 0 Å². The molecule has 156 valence electrons. The summed E-state index contributed by atoms with van der Waals surface area (Å²) in [7, 11) is 0. The van der Waals surface area contributed by atoms with Gasteiger partial charge in [0.2, 0.25) is 17.7 Å². The molecule has 5 unspecified atom stereocenters. The van der Waals surface area contributed by atoms with Crippen LogP contribution in [0.2, 0.25) is 5.02 Å². The van der Waals surface area contributed by atoms with Gasteiger partial charge in [0, 0.05) is 17.6 Å². The van der Waals surface area contributed by atoms with Gasteiger partial charge in [-0.15, -0.1) is 0 Å². The molecule has 5 atom stereocenters. The largest absolute Gasteiger partial charge is 0.323 e. The van der Waals surface area contributed by atoms with Crippen LogP contribution in [0.1, 0.15) is 51.7 Å². The Kier molecular flexibility index (Phi) is 4.78. The zero-order valence-electron chi connectivity index (χ0n) is 17.5. The Bertz CT molecular complexity index is 915. The van der Waals surface area contributed by atoms with Crippen LogP contribution in [0.15, 0.2) is 12.1 Å². The number of aryl methyl sites for hydroxylation is 1. The van der Waals surface area contributed by atoms with Crippen molar-refractivity contribution in [2.75, 3.05) is 5.32 Å². The Labute approximate surface area is 176 Å². The molecular formula is C22H28ClN3O3. The topological polar surface area (TPSA) is 78.5 Å². The van der Waals surface area contributed by atoms with E-state index in [1.165, 1.54) is 4.90 Å². The van der Waals surface area contributed by atoms with Gasteiger partial charge >= 0.3 is 0 Å². The molecule has 2 N–H and O–H groups in total. The summed E-state index contributed by atoms with van der Waals surface area (Å²) in [4.78, 5) is 41.7. The predicted molar refractivity (Wildman–Crippen MR) is 111 cm³/mol. The number of carbonyl (C=O) groups is 3. The van der Waals surface area contributed by atoms with Gasteiger partial charge in [-0.3, -0.25) is 24.6 Å². The van der Waals surface area contributed by atoms with Gasteiger partial charge in [-0.05, 0) is 44.2 Å². The average molecular weight is 418 g/mol. The number of benzene rings is 1. The number of hydrogen-bond donors (Lipinski definition) is 2. The third-order valence-corrected chi connectivity index (χ3v) is 7.01. The van der Waals surface area contributed by atoms with Crippen LogP contribution >= 0.6 is 11.6 Å². The molecule has 3 aliphatic rings. The van der Waals surface area contributed by atoms with Crippen molar-refractivity contribution in [1.82, 2.24) is 10.2 Å². The SMILES string of the molecule is CCC(C)N1C(=O)C2C(CC(C)C)NC3(C(=O)Nc4c(Cl)cc(C)cc43)C2C1=O. The van der Waals surface area contributed by atoms with Crippen molar-refractivity contribution in [1.29, 1.82) is 0 Å². The number of anilines is 1. The fraction of sp³-hybridized carbons (Fsp3) is 0.591. The molecule has 7 heteroatoms. The summed E-state index contributed by atoms with van der Waals surface area (Å²) in [5, 5.41) is 6.80. The minimum atomic E-state index is -1.26. The Morgan fingerprint density at radius 2 is 1.86 bits per heavy atom. The van der Waals surface area contributed by atoms with Crippen molar-refractivity contribution in [3.8, 4) is 0 Å². The first-order valence-corrected chi connectivity index (χ1v) is 10.8. The van der Waals surface area contributed by atoms with Crippen LogP contribution in [0.4, 0.5) is 5.69 Å². The van der Waals surface area contributed by atoms with E-state index < -0.39 is 17.4 Å².